The Bertz CT molecular complexity index is 1550. The molecule has 0 radical (unpaired) electrons. The molecule has 3 aromatic rings. The van der Waals surface area contributed by atoms with Crippen molar-refractivity contribution in [3.63, 3.8) is 0 Å². The number of fused-ring (bicyclic) bond motifs is 1. The number of hydrogen-bond donors (Lipinski definition) is 12. The predicted molar refractivity (Wildman–Crippen MR) is 140 cm³/mol. The Morgan fingerprint density at radius 1 is 0.605 bits per heavy atom. The molecule has 2 aliphatic rings. The van der Waals surface area contributed by atoms with Crippen LogP contribution < -0.4 is 5.43 Å². The second-order valence-corrected chi connectivity index (χ2v) is 10.4. The van der Waals surface area contributed by atoms with Crippen molar-refractivity contribution in [1.82, 2.24) is 0 Å². The SMILES string of the molecule is O=c1c([C@@H]2O[C@H](CO)[C@@H](O)[C@H](O)[C@H]2O)c(-c2ccc(O)cc2)oc2c([C@@H]3O[C@H](CO)[C@@H](O)[C@H](O)[C@H]3O)c(O)c(O)c(O)c12. The van der Waals surface area contributed by atoms with Crippen molar-refractivity contribution >= 4 is 11.0 Å². The van der Waals surface area contributed by atoms with Crippen LogP contribution in [0.25, 0.3) is 22.3 Å². The molecule has 0 spiro atoms. The Labute approximate surface area is 240 Å². The van der Waals surface area contributed by atoms with Crippen LogP contribution in [0, 0.1) is 0 Å². The molecule has 0 bridgehead atoms. The molecule has 2 aromatic carbocycles. The fourth-order valence-corrected chi connectivity index (χ4v) is 5.45. The van der Waals surface area contributed by atoms with Gasteiger partial charge in [-0.2, -0.15) is 0 Å². The summed E-state index contributed by atoms with van der Waals surface area (Å²) in [7, 11) is 0. The van der Waals surface area contributed by atoms with E-state index in [9.17, 15) is 66.1 Å². The molecule has 2 saturated heterocycles. The Balaban J connectivity index is 1.86. The number of aromatic hydroxyl groups is 4. The molecule has 3 heterocycles. The summed E-state index contributed by atoms with van der Waals surface area (Å²) in [5.74, 6) is -4.32. The molecule has 43 heavy (non-hydrogen) atoms. The molecule has 0 saturated carbocycles. The van der Waals surface area contributed by atoms with Gasteiger partial charge in [0.1, 0.15) is 77.9 Å². The lowest BCUT2D eigenvalue weighted by Gasteiger charge is -2.41. The van der Waals surface area contributed by atoms with E-state index in [1.165, 1.54) is 24.3 Å². The van der Waals surface area contributed by atoms with Crippen molar-refractivity contribution < 1.29 is 75.2 Å². The molecule has 5 rings (SSSR count). The van der Waals surface area contributed by atoms with Gasteiger partial charge in [0.2, 0.25) is 11.2 Å². The minimum Gasteiger partial charge on any atom is -0.508 e. The van der Waals surface area contributed by atoms with Gasteiger partial charge in [-0.25, -0.2) is 0 Å². The van der Waals surface area contributed by atoms with Crippen molar-refractivity contribution in [1.29, 1.82) is 0 Å². The fraction of sp³-hybridized carbons (Fsp3) is 0.444. The van der Waals surface area contributed by atoms with E-state index >= 15 is 0 Å². The molecule has 0 unspecified atom stereocenters. The molecule has 2 aliphatic heterocycles. The van der Waals surface area contributed by atoms with E-state index in [1.54, 1.807) is 0 Å². The van der Waals surface area contributed by atoms with Crippen molar-refractivity contribution in [3.8, 4) is 34.3 Å². The lowest BCUT2D eigenvalue weighted by atomic mass is 9.87. The van der Waals surface area contributed by atoms with Crippen LogP contribution in [-0.4, -0.2) is 123 Å². The average Bonchev–Trinajstić information content (AvgIpc) is 2.99. The van der Waals surface area contributed by atoms with Gasteiger partial charge < -0.3 is 75.2 Å². The third-order valence-corrected chi connectivity index (χ3v) is 7.82. The fourth-order valence-electron chi connectivity index (χ4n) is 5.45. The normalized spacial score (nSPS) is 33.1. The Morgan fingerprint density at radius 3 is 1.58 bits per heavy atom. The average molecular weight is 611 g/mol. The number of benzene rings is 2. The number of rotatable bonds is 5. The molecular formula is C27H30O16. The van der Waals surface area contributed by atoms with Crippen molar-refractivity contribution in [2.45, 2.75) is 61.0 Å². The van der Waals surface area contributed by atoms with Gasteiger partial charge in [-0.15, -0.1) is 0 Å². The van der Waals surface area contributed by atoms with Crippen LogP contribution in [0.1, 0.15) is 23.3 Å². The molecule has 0 amide bonds. The largest absolute Gasteiger partial charge is 0.508 e. The molecule has 0 aliphatic carbocycles. The van der Waals surface area contributed by atoms with Crippen LogP contribution in [0.5, 0.6) is 23.0 Å². The number of hydrogen-bond acceptors (Lipinski definition) is 16. The van der Waals surface area contributed by atoms with Gasteiger partial charge in [-0.1, -0.05) is 0 Å². The molecule has 16 nitrogen and oxygen atoms in total. The highest BCUT2D eigenvalue weighted by atomic mass is 16.6. The quantitative estimate of drug-likeness (QED) is 0.131. The highest BCUT2D eigenvalue weighted by molar-refractivity contribution is 5.93. The van der Waals surface area contributed by atoms with E-state index in [2.05, 4.69) is 0 Å². The Hall–Kier alpha value is -3.55. The summed E-state index contributed by atoms with van der Waals surface area (Å²) >= 11 is 0. The number of phenolic OH excluding ortho intramolecular Hbond substituents is 4. The van der Waals surface area contributed by atoms with Gasteiger partial charge in [0.15, 0.2) is 17.1 Å². The number of ether oxygens (including phenoxy) is 2. The van der Waals surface area contributed by atoms with E-state index < -0.39 is 125 Å². The second kappa shape index (κ2) is 11.5. The first-order valence-electron chi connectivity index (χ1n) is 13.0. The molecular weight excluding hydrogens is 580 g/mol. The first kappa shape index (κ1) is 30.9. The number of phenols is 4. The summed E-state index contributed by atoms with van der Waals surface area (Å²) in [6, 6.07) is 4.92. The molecule has 16 heteroatoms. The maximum absolute atomic E-state index is 14.2. The third kappa shape index (κ3) is 4.87. The summed E-state index contributed by atoms with van der Waals surface area (Å²) in [5, 5.41) is 123. The summed E-state index contributed by atoms with van der Waals surface area (Å²) in [4.78, 5) is 14.2. The molecule has 10 atom stereocenters. The van der Waals surface area contributed by atoms with E-state index in [0.717, 1.165) is 0 Å². The van der Waals surface area contributed by atoms with Gasteiger partial charge in [-0.05, 0) is 24.3 Å². The lowest BCUT2D eigenvalue weighted by molar-refractivity contribution is -0.232. The maximum Gasteiger partial charge on any atom is 0.203 e. The highest BCUT2D eigenvalue weighted by Crippen LogP contribution is 2.51. The highest BCUT2D eigenvalue weighted by Gasteiger charge is 2.49. The van der Waals surface area contributed by atoms with E-state index in [-0.39, 0.29) is 11.3 Å². The molecule has 1 aromatic heterocycles. The van der Waals surface area contributed by atoms with E-state index in [1.807, 2.05) is 0 Å². The zero-order chi connectivity index (χ0) is 31.5. The summed E-state index contributed by atoms with van der Waals surface area (Å²) in [6.45, 7) is -1.72. The second-order valence-electron chi connectivity index (χ2n) is 10.4. The Kier molecular flexibility index (Phi) is 8.27. The summed E-state index contributed by atoms with van der Waals surface area (Å²) < 4.78 is 17.1. The number of aliphatic hydroxyl groups excluding tert-OH is 8. The van der Waals surface area contributed by atoms with Crippen LogP contribution in [-0.2, 0) is 9.47 Å². The van der Waals surface area contributed by atoms with Crippen molar-refractivity contribution in [3.05, 3.63) is 45.6 Å². The zero-order valence-corrected chi connectivity index (χ0v) is 22.0. The Morgan fingerprint density at radius 2 is 1.09 bits per heavy atom. The standard InChI is InChI=1S/C27H30O16/c28-5-9-14(31)19(36)22(39)26(41-9)12-16(33)11-17(34)21(38)18(35)13(27-23(40)20(37)15(32)10(6-29)42-27)25(11)43-24(12)7-1-3-8(30)4-2-7/h1-4,9-10,14-15,19-20,22-23,26-32,34-40H,5-6H2/t9-,10-,14-,15-,19+,20+,22-,23-,26+,27+/m1/s1. The topological polar surface area (TPSA) is 291 Å². The predicted octanol–water partition coefficient (Wildman–Crippen LogP) is -2.69. The first-order chi connectivity index (χ1) is 20.3. The zero-order valence-electron chi connectivity index (χ0n) is 22.0. The van der Waals surface area contributed by atoms with Gasteiger partial charge in [0.05, 0.1) is 24.3 Å². The molecule has 234 valence electrons. The third-order valence-electron chi connectivity index (χ3n) is 7.82. The van der Waals surface area contributed by atoms with Gasteiger partial charge in [0, 0.05) is 5.56 Å². The summed E-state index contributed by atoms with van der Waals surface area (Å²) in [5.41, 5.74) is -3.17. The van der Waals surface area contributed by atoms with Crippen LogP contribution in [0.3, 0.4) is 0 Å². The summed E-state index contributed by atoms with van der Waals surface area (Å²) in [6.07, 6.45) is -18.2. The van der Waals surface area contributed by atoms with Crippen molar-refractivity contribution in [2.24, 2.45) is 0 Å². The van der Waals surface area contributed by atoms with Gasteiger partial charge >= 0.3 is 0 Å². The van der Waals surface area contributed by atoms with E-state index in [4.69, 9.17) is 13.9 Å². The molecule has 2 fully saturated rings. The maximum atomic E-state index is 14.2. The minimum absolute atomic E-state index is 0.0237. The van der Waals surface area contributed by atoms with E-state index in [0.29, 0.717) is 0 Å². The van der Waals surface area contributed by atoms with Gasteiger partial charge in [0.25, 0.3) is 0 Å². The van der Waals surface area contributed by atoms with Gasteiger partial charge in [-0.3, -0.25) is 4.79 Å². The van der Waals surface area contributed by atoms with Crippen LogP contribution >= 0.6 is 0 Å². The lowest BCUT2D eigenvalue weighted by Crippen LogP contribution is -2.56. The van der Waals surface area contributed by atoms with Crippen LogP contribution in [0.4, 0.5) is 0 Å². The minimum atomic E-state index is -2.04. The number of aliphatic hydroxyl groups is 8. The van der Waals surface area contributed by atoms with Crippen LogP contribution in [0.2, 0.25) is 0 Å². The van der Waals surface area contributed by atoms with Crippen molar-refractivity contribution in [2.75, 3.05) is 13.2 Å². The smallest absolute Gasteiger partial charge is 0.203 e. The molecule has 12 N–H and O–H groups in total. The monoisotopic (exact) mass is 610 g/mol. The van der Waals surface area contributed by atoms with Crippen LogP contribution in [0.15, 0.2) is 33.5 Å². The first-order valence-corrected chi connectivity index (χ1v) is 13.0.